The van der Waals surface area contributed by atoms with Gasteiger partial charge in [-0.1, -0.05) is 0 Å². The second kappa shape index (κ2) is 7.73. The van der Waals surface area contributed by atoms with E-state index in [1.54, 1.807) is 7.23 Å². The van der Waals surface area contributed by atoms with Crippen molar-refractivity contribution < 1.29 is 0 Å². The van der Waals surface area contributed by atoms with Crippen molar-refractivity contribution in [1.82, 2.24) is 0 Å². The minimum atomic E-state index is -0.0823. The molecule has 1 rings (SSSR count). The zero-order valence-electron chi connectivity index (χ0n) is 8.37. The van der Waals surface area contributed by atoms with Crippen LogP contribution in [0.4, 0.5) is 0 Å². The molecule has 0 atom stereocenters. The molecule has 2 heteroatoms. The summed E-state index contributed by atoms with van der Waals surface area (Å²) in [5, 5.41) is 0. The Morgan fingerprint density at radius 1 is 1.36 bits per heavy atom. The Balaban J connectivity index is 2.50. The topological polar surface area (TPSA) is 0 Å². The van der Waals surface area contributed by atoms with E-state index in [0.29, 0.717) is 0 Å². The van der Waals surface area contributed by atoms with E-state index in [9.17, 15) is 0 Å². The van der Waals surface area contributed by atoms with Gasteiger partial charge < -0.3 is 0 Å². The number of rotatable bonds is 5. The summed E-state index contributed by atoms with van der Waals surface area (Å²) in [6.45, 7) is 2.26. The molecule has 0 aliphatic carbocycles. The first-order valence-corrected chi connectivity index (χ1v) is 8.46. The maximum absolute atomic E-state index is 2.39. The molecule has 0 fully saturated rings. The van der Waals surface area contributed by atoms with Crippen molar-refractivity contribution in [2.24, 2.45) is 0 Å². The quantitative estimate of drug-likeness (QED) is 0.512. The molecule has 0 aliphatic heterocycles. The molecule has 0 heterocycles. The predicted molar refractivity (Wildman–Crippen MR) is 73.5 cm³/mol. The molecule has 0 aliphatic rings. The van der Waals surface area contributed by atoms with Crippen LogP contribution in [0.3, 0.4) is 0 Å². The zero-order valence-corrected chi connectivity index (χ0v) is 12.9. The Kier molecular flexibility index (Phi) is 6.93. The summed E-state index contributed by atoms with van der Waals surface area (Å²) in [5.41, 5.74) is 0. The minimum absolute atomic E-state index is 0.0823. The van der Waals surface area contributed by atoms with E-state index in [-0.39, 0.29) is 20.9 Å². The standard InChI is InChI=1S/C12H15ITe/c1-2-3-7-12(10-13)14-11-8-5-4-6-9-11/h4-6,8-10H,2-3,7H2,1H3/b12-10+. The van der Waals surface area contributed by atoms with Gasteiger partial charge in [0.2, 0.25) is 0 Å². The van der Waals surface area contributed by atoms with E-state index in [0.717, 1.165) is 0 Å². The van der Waals surface area contributed by atoms with Crippen molar-refractivity contribution in [2.45, 2.75) is 26.2 Å². The Morgan fingerprint density at radius 2 is 2.07 bits per heavy atom. The Hall–Kier alpha value is 0.480. The van der Waals surface area contributed by atoms with Crippen molar-refractivity contribution >= 4 is 47.1 Å². The maximum atomic E-state index is 2.39. The predicted octanol–water partition coefficient (Wildman–Crippen LogP) is 3.48. The van der Waals surface area contributed by atoms with Gasteiger partial charge in [0.25, 0.3) is 0 Å². The number of unbranched alkanes of at least 4 members (excludes halogenated alkanes) is 1. The summed E-state index contributed by atoms with van der Waals surface area (Å²) in [6, 6.07) is 10.9. The average molecular weight is 414 g/mol. The van der Waals surface area contributed by atoms with Crippen molar-refractivity contribution in [3.63, 3.8) is 0 Å². The molecule has 0 nitrogen and oxygen atoms in total. The Labute approximate surface area is 110 Å². The third-order valence-corrected chi connectivity index (χ3v) is 7.07. The first-order valence-electron chi connectivity index (χ1n) is 4.89. The number of halogens is 1. The fourth-order valence-corrected chi connectivity index (χ4v) is 4.81. The molecule has 0 aromatic heterocycles. The van der Waals surface area contributed by atoms with E-state index in [1.807, 2.05) is 0 Å². The van der Waals surface area contributed by atoms with Crippen molar-refractivity contribution in [3.8, 4) is 0 Å². The number of hydrogen-bond donors (Lipinski definition) is 0. The second-order valence-corrected chi connectivity index (χ2v) is 7.14. The Morgan fingerprint density at radius 3 is 2.64 bits per heavy atom. The van der Waals surface area contributed by atoms with Crippen LogP contribution in [-0.4, -0.2) is 20.9 Å². The molecule has 0 N–H and O–H groups in total. The molecule has 1 aromatic carbocycles. The van der Waals surface area contributed by atoms with Crippen LogP contribution in [0.1, 0.15) is 26.2 Å². The third kappa shape index (κ3) is 4.82. The van der Waals surface area contributed by atoms with E-state index in [4.69, 9.17) is 0 Å². The summed E-state index contributed by atoms with van der Waals surface area (Å²) >= 11 is 2.30. The zero-order chi connectivity index (χ0) is 10.2. The van der Waals surface area contributed by atoms with E-state index in [1.165, 1.54) is 19.3 Å². The number of allylic oxidation sites excluding steroid dienone is 1. The summed E-state index contributed by atoms with van der Waals surface area (Å²) in [5.74, 6) is 0. The molecule has 0 saturated heterocycles. The van der Waals surface area contributed by atoms with Crippen LogP contribution >= 0.6 is 22.6 Å². The fraction of sp³-hybridized carbons (Fsp3) is 0.333. The van der Waals surface area contributed by atoms with Crippen molar-refractivity contribution in [3.05, 3.63) is 38.0 Å². The first-order chi connectivity index (χ1) is 6.86. The van der Waals surface area contributed by atoms with E-state index >= 15 is 0 Å². The van der Waals surface area contributed by atoms with Gasteiger partial charge in [-0.05, 0) is 0 Å². The second-order valence-electron chi connectivity index (χ2n) is 3.09. The fourth-order valence-electron chi connectivity index (χ4n) is 1.12. The molecule has 0 radical (unpaired) electrons. The summed E-state index contributed by atoms with van der Waals surface area (Å²) < 4.78 is 5.53. The summed E-state index contributed by atoms with van der Waals surface area (Å²) in [6.07, 6.45) is 3.94. The van der Waals surface area contributed by atoms with Crippen LogP contribution < -0.4 is 3.61 Å². The van der Waals surface area contributed by atoms with Crippen LogP contribution in [-0.2, 0) is 0 Å². The molecule has 1 aromatic rings. The molecule has 0 bridgehead atoms. The van der Waals surface area contributed by atoms with Gasteiger partial charge in [-0.15, -0.1) is 0 Å². The molecular formula is C12H15ITe. The van der Waals surface area contributed by atoms with Crippen molar-refractivity contribution in [1.29, 1.82) is 0 Å². The molecule has 0 unspecified atom stereocenters. The molecule has 76 valence electrons. The molecule has 0 amide bonds. The molecular weight excluding hydrogens is 399 g/mol. The average Bonchev–Trinajstić information content (AvgIpc) is 2.25. The SMILES string of the molecule is CCCC/C(=C\I)[Te]c1ccccc1. The molecule has 0 spiro atoms. The van der Waals surface area contributed by atoms with Gasteiger partial charge in [0.05, 0.1) is 0 Å². The normalized spacial score (nSPS) is 11.7. The van der Waals surface area contributed by atoms with Crippen LogP contribution in [0, 0.1) is 0 Å². The van der Waals surface area contributed by atoms with Gasteiger partial charge in [-0.2, -0.15) is 0 Å². The van der Waals surface area contributed by atoms with Crippen LogP contribution in [0.25, 0.3) is 0 Å². The van der Waals surface area contributed by atoms with Crippen LogP contribution in [0.2, 0.25) is 0 Å². The van der Waals surface area contributed by atoms with E-state index < -0.39 is 0 Å². The van der Waals surface area contributed by atoms with Gasteiger partial charge in [-0.25, -0.2) is 0 Å². The molecule has 14 heavy (non-hydrogen) atoms. The van der Waals surface area contributed by atoms with Crippen molar-refractivity contribution in [2.75, 3.05) is 0 Å². The monoisotopic (exact) mass is 416 g/mol. The van der Waals surface area contributed by atoms with Crippen LogP contribution in [0.5, 0.6) is 0 Å². The summed E-state index contributed by atoms with van der Waals surface area (Å²) in [4.78, 5) is 0. The van der Waals surface area contributed by atoms with Gasteiger partial charge in [0.1, 0.15) is 0 Å². The molecule has 0 saturated carbocycles. The van der Waals surface area contributed by atoms with E-state index in [2.05, 4.69) is 63.9 Å². The van der Waals surface area contributed by atoms with Gasteiger partial charge in [0.15, 0.2) is 0 Å². The first kappa shape index (κ1) is 12.5. The Bertz CT molecular complexity index is 280. The number of hydrogen-bond acceptors (Lipinski definition) is 0. The van der Waals surface area contributed by atoms with Gasteiger partial charge in [0, 0.05) is 0 Å². The summed E-state index contributed by atoms with van der Waals surface area (Å²) in [7, 11) is 0. The van der Waals surface area contributed by atoms with Crippen LogP contribution in [0.15, 0.2) is 38.0 Å². The third-order valence-electron chi connectivity index (χ3n) is 1.89. The van der Waals surface area contributed by atoms with Gasteiger partial charge >= 0.3 is 111 Å². The number of benzene rings is 1. The van der Waals surface area contributed by atoms with Gasteiger partial charge in [-0.3, -0.25) is 0 Å².